The van der Waals surface area contributed by atoms with Gasteiger partial charge in [0.25, 0.3) is 5.56 Å². The Kier molecular flexibility index (Phi) is 3.09. The van der Waals surface area contributed by atoms with Crippen molar-refractivity contribution in [3.05, 3.63) is 56.8 Å². The van der Waals surface area contributed by atoms with Crippen LogP contribution in [0.5, 0.6) is 5.88 Å². The molecule has 0 aliphatic heterocycles. The topological polar surface area (TPSA) is 66.0 Å². The molecule has 0 radical (unpaired) electrons. The van der Waals surface area contributed by atoms with Gasteiger partial charge in [-0.3, -0.25) is 4.79 Å². The number of halogens is 1. The molecule has 4 nitrogen and oxygen atoms in total. The van der Waals surface area contributed by atoms with Crippen LogP contribution in [0.4, 0.5) is 0 Å². The first-order valence-corrected chi connectivity index (χ1v) is 5.54. The molecule has 1 aromatic heterocycles. The second kappa shape index (κ2) is 4.55. The number of aryl methyl sites for hydroxylation is 1. The summed E-state index contributed by atoms with van der Waals surface area (Å²) in [4.78, 5) is 11.9. The Balaban J connectivity index is 2.76. The Morgan fingerprint density at radius 1 is 1.33 bits per heavy atom. The van der Waals surface area contributed by atoms with Crippen molar-refractivity contribution in [3.63, 3.8) is 0 Å². The summed E-state index contributed by atoms with van der Waals surface area (Å²) in [6, 6.07) is 9.59. The van der Waals surface area contributed by atoms with Gasteiger partial charge in [0.1, 0.15) is 11.6 Å². The monoisotopic (exact) mass is 260 g/mol. The number of hydrogen-bond acceptors (Lipinski definition) is 3. The van der Waals surface area contributed by atoms with Crippen LogP contribution in [0.1, 0.15) is 11.1 Å². The standard InChI is InChI=1S/C13H9ClN2O2/c1-8-6-12(17)16(13(18)11(8)7-15)10-4-2-9(14)3-5-10/h2-6,18H,1H3. The minimum absolute atomic E-state index is 0.0875. The van der Waals surface area contributed by atoms with Crippen molar-refractivity contribution >= 4 is 11.6 Å². The summed E-state index contributed by atoms with van der Waals surface area (Å²) in [5, 5.41) is 19.5. The highest BCUT2D eigenvalue weighted by molar-refractivity contribution is 6.30. The highest BCUT2D eigenvalue weighted by Crippen LogP contribution is 2.22. The Labute approximate surface area is 108 Å². The van der Waals surface area contributed by atoms with E-state index in [0.717, 1.165) is 4.57 Å². The lowest BCUT2D eigenvalue weighted by atomic mass is 10.1. The molecule has 0 bridgehead atoms. The normalized spacial score (nSPS) is 10.1. The Hall–Kier alpha value is -2.25. The van der Waals surface area contributed by atoms with Crippen LogP contribution in [-0.4, -0.2) is 9.67 Å². The van der Waals surface area contributed by atoms with Crippen LogP contribution in [0.25, 0.3) is 5.69 Å². The second-order valence-corrected chi connectivity index (χ2v) is 4.22. The summed E-state index contributed by atoms with van der Waals surface area (Å²) in [7, 11) is 0. The molecule has 0 spiro atoms. The molecule has 2 aromatic rings. The van der Waals surface area contributed by atoms with E-state index in [9.17, 15) is 9.90 Å². The van der Waals surface area contributed by atoms with Gasteiger partial charge in [0, 0.05) is 11.1 Å². The zero-order valence-corrected chi connectivity index (χ0v) is 10.3. The first-order valence-electron chi connectivity index (χ1n) is 5.16. The van der Waals surface area contributed by atoms with E-state index in [4.69, 9.17) is 16.9 Å². The molecule has 0 aliphatic carbocycles. The molecule has 0 saturated carbocycles. The minimum atomic E-state index is -0.397. The zero-order valence-electron chi connectivity index (χ0n) is 9.51. The third-order valence-corrected chi connectivity index (χ3v) is 2.84. The van der Waals surface area contributed by atoms with E-state index in [1.54, 1.807) is 31.2 Å². The molecule has 0 unspecified atom stereocenters. The van der Waals surface area contributed by atoms with Gasteiger partial charge >= 0.3 is 0 Å². The van der Waals surface area contributed by atoms with E-state index in [1.165, 1.54) is 6.07 Å². The fourth-order valence-corrected chi connectivity index (χ4v) is 1.82. The maximum atomic E-state index is 11.9. The fourth-order valence-electron chi connectivity index (χ4n) is 1.69. The SMILES string of the molecule is Cc1cc(=O)n(-c2ccc(Cl)cc2)c(O)c1C#N. The molecule has 2 rings (SSSR count). The van der Waals surface area contributed by atoms with Gasteiger partial charge in [-0.15, -0.1) is 0 Å². The fraction of sp³-hybridized carbons (Fsp3) is 0.0769. The Morgan fingerprint density at radius 2 is 1.94 bits per heavy atom. The average Bonchev–Trinajstić information content (AvgIpc) is 2.31. The van der Waals surface area contributed by atoms with Gasteiger partial charge < -0.3 is 5.11 Å². The Morgan fingerprint density at radius 3 is 2.50 bits per heavy atom. The summed E-state index contributed by atoms with van der Waals surface area (Å²) in [5.74, 6) is -0.357. The average molecular weight is 261 g/mol. The molecule has 18 heavy (non-hydrogen) atoms. The maximum absolute atomic E-state index is 11.9. The van der Waals surface area contributed by atoms with Crippen LogP contribution in [0.3, 0.4) is 0 Å². The summed E-state index contributed by atoms with van der Waals surface area (Å²) in [5.41, 5.74) is 0.597. The number of hydrogen-bond donors (Lipinski definition) is 1. The molecule has 0 aliphatic rings. The maximum Gasteiger partial charge on any atom is 0.258 e. The van der Waals surface area contributed by atoms with E-state index in [0.29, 0.717) is 16.3 Å². The van der Waals surface area contributed by atoms with Crippen molar-refractivity contribution in [2.24, 2.45) is 0 Å². The molecular weight excluding hydrogens is 252 g/mol. The van der Waals surface area contributed by atoms with Crippen LogP contribution >= 0.6 is 11.6 Å². The number of nitriles is 1. The van der Waals surface area contributed by atoms with Crippen LogP contribution in [0.15, 0.2) is 35.1 Å². The third kappa shape index (κ3) is 1.96. The molecule has 5 heteroatoms. The van der Waals surface area contributed by atoms with Crippen molar-refractivity contribution in [3.8, 4) is 17.6 Å². The lowest BCUT2D eigenvalue weighted by Crippen LogP contribution is -2.18. The number of aromatic nitrogens is 1. The molecule has 0 saturated heterocycles. The van der Waals surface area contributed by atoms with Gasteiger partial charge in [-0.1, -0.05) is 11.6 Å². The molecule has 90 valence electrons. The first-order chi connectivity index (χ1) is 8.54. The van der Waals surface area contributed by atoms with Crippen LogP contribution in [0, 0.1) is 18.3 Å². The summed E-state index contributed by atoms with van der Waals surface area (Å²) in [6.45, 7) is 1.60. The van der Waals surface area contributed by atoms with Crippen molar-refractivity contribution in [2.75, 3.05) is 0 Å². The summed E-state index contributed by atoms with van der Waals surface area (Å²) < 4.78 is 1.07. The summed E-state index contributed by atoms with van der Waals surface area (Å²) in [6.07, 6.45) is 0. The van der Waals surface area contributed by atoms with Crippen LogP contribution < -0.4 is 5.56 Å². The Bertz CT molecular complexity index is 697. The quantitative estimate of drug-likeness (QED) is 0.856. The largest absolute Gasteiger partial charge is 0.493 e. The van der Waals surface area contributed by atoms with Crippen LogP contribution in [0.2, 0.25) is 5.02 Å². The molecule has 0 amide bonds. The predicted molar refractivity (Wildman–Crippen MR) is 68.2 cm³/mol. The minimum Gasteiger partial charge on any atom is -0.493 e. The molecule has 1 heterocycles. The third-order valence-electron chi connectivity index (χ3n) is 2.59. The van der Waals surface area contributed by atoms with Gasteiger partial charge in [-0.2, -0.15) is 5.26 Å². The highest BCUT2D eigenvalue weighted by Gasteiger charge is 2.13. The van der Waals surface area contributed by atoms with Gasteiger partial charge in [-0.05, 0) is 36.8 Å². The van der Waals surface area contributed by atoms with Crippen molar-refractivity contribution in [2.45, 2.75) is 6.92 Å². The van der Waals surface area contributed by atoms with E-state index in [1.807, 2.05) is 6.07 Å². The predicted octanol–water partition coefficient (Wildman–Crippen LogP) is 2.38. The summed E-state index contributed by atoms with van der Waals surface area (Å²) >= 11 is 5.76. The number of pyridine rings is 1. The first kappa shape index (κ1) is 12.2. The van der Waals surface area contributed by atoms with E-state index in [-0.39, 0.29) is 11.4 Å². The smallest absolute Gasteiger partial charge is 0.258 e. The van der Waals surface area contributed by atoms with Gasteiger partial charge in [0.2, 0.25) is 5.88 Å². The molecule has 0 atom stereocenters. The van der Waals surface area contributed by atoms with E-state index in [2.05, 4.69) is 0 Å². The van der Waals surface area contributed by atoms with Crippen molar-refractivity contribution in [1.29, 1.82) is 5.26 Å². The molecule has 0 fully saturated rings. The van der Waals surface area contributed by atoms with E-state index < -0.39 is 5.56 Å². The number of aromatic hydroxyl groups is 1. The molecule has 1 aromatic carbocycles. The van der Waals surface area contributed by atoms with Crippen LogP contribution in [-0.2, 0) is 0 Å². The number of benzene rings is 1. The molecular formula is C13H9ClN2O2. The van der Waals surface area contributed by atoms with Crippen molar-refractivity contribution < 1.29 is 5.11 Å². The van der Waals surface area contributed by atoms with E-state index >= 15 is 0 Å². The lowest BCUT2D eigenvalue weighted by molar-refractivity contribution is 0.433. The van der Waals surface area contributed by atoms with Crippen molar-refractivity contribution in [1.82, 2.24) is 4.57 Å². The molecule has 1 N–H and O–H groups in total. The van der Waals surface area contributed by atoms with Gasteiger partial charge in [-0.25, -0.2) is 4.57 Å². The number of nitrogens with zero attached hydrogens (tertiary/aromatic N) is 2. The van der Waals surface area contributed by atoms with Gasteiger partial charge in [0.15, 0.2) is 0 Å². The second-order valence-electron chi connectivity index (χ2n) is 3.79. The zero-order chi connectivity index (χ0) is 13.3. The highest BCUT2D eigenvalue weighted by atomic mass is 35.5. The number of rotatable bonds is 1. The lowest BCUT2D eigenvalue weighted by Gasteiger charge is -2.10. The van der Waals surface area contributed by atoms with Gasteiger partial charge in [0.05, 0.1) is 5.69 Å².